The highest BCUT2D eigenvalue weighted by atomic mass is 19.4. The van der Waals surface area contributed by atoms with E-state index in [-0.39, 0.29) is 18.5 Å². The molecule has 0 aromatic carbocycles. The number of rotatable bonds is 4. The van der Waals surface area contributed by atoms with E-state index in [0.717, 1.165) is 26.1 Å². The molecule has 2 unspecified atom stereocenters. The third kappa shape index (κ3) is 5.09. The summed E-state index contributed by atoms with van der Waals surface area (Å²) in [4.78, 5) is 4.25. The van der Waals surface area contributed by atoms with Crippen molar-refractivity contribution in [3.63, 3.8) is 0 Å². The number of halogens is 3. The van der Waals surface area contributed by atoms with Gasteiger partial charge < -0.3 is 9.80 Å². The van der Waals surface area contributed by atoms with Crippen LogP contribution in [0.1, 0.15) is 19.3 Å². The Kier molecular flexibility index (Phi) is 5.84. The second-order valence-electron chi connectivity index (χ2n) is 5.09. The van der Waals surface area contributed by atoms with Crippen LogP contribution >= 0.6 is 0 Å². The van der Waals surface area contributed by atoms with Crippen molar-refractivity contribution >= 4 is 0 Å². The number of alkyl halides is 3. The fourth-order valence-corrected chi connectivity index (χ4v) is 2.45. The lowest BCUT2D eigenvalue weighted by molar-refractivity contribution is -0.137. The van der Waals surface area contributed by atoms with Gasteiger partial charge in [0.1, 0.15) is 0 Å². The Morgan fingerprint density at radius 1 is 1.33 bits per heavy atom. The summed E-state index contributed by atoms with van der Waals surface area (Å²) < 4.78 is 36.8. The molecule has 1 heterocycles. The monoisotopic (exact) mass is 268 g/mol. The zero-order valence-corrected chi connectivity index (χ0v) is 11.0. The first-order valence-electron chi connectivity index (χ1n) is 6.25. The molecule has 3 N–H and O–H groups in total. The van der Waals surface area contributed by atoms with Gasteiger partial charge in [0.25, 0.3) is 0 Å². The van der Waals surface area contributed by atoms with Crippen molar-refractivity contribution in [3.05, 3.63) is 0 Å². The highest BCUT2D eigenvalue weighted by molar-refractivity contribution is 4.86. The second-order valence-corrected chi connectivity index (χ2v) is 5.09. The van der Waals surface area contributed by atoms with Gasteiger partial charge >= 0.3 is 6.18 Å². The molecule has 108 valence electrons. The van der Waals surface area contributed by atoms with Crippen LogP contribution in [0.3, 0.4) is 0 Å². The van der Waals surface area contributed by atoms with Gasteiger partial charge in [0.15, 0.2) is 0 Å². The lowest BCUT2D eigenvalue weighted by Gasteiger charge is -2.34. The van der Waals surface area contributed by atoms with E-state index in [9.17, 15) is 13.2 Å². The maximum absolute atomic E-state index is 12.3. The highest BCUT2D eigenvalue weighted by Crippen LogP contribution is 2.24. The van der Waals surface area contributed by atoms with Gasteiger partial charge in [0, 0.05) is 25.0 Å². The molecule has 0 aliphatic carbocycles. The molecular formula is C11H23F3N4. The zero-order chi connectivity index (χ0) is 13.8. The van der Waals surface area contributed by atoms with Crippen molar-refractivity contribution in [3.8, 4) is 0 Å². The molecule has 2 atom stereocenters. The van der Waals surface area contributed by atoms with Gasteiger partial charge in [-0.1, -0.05) is 0 Å². The number of hydrazine groups is 1. The molecule has 18 heavy (non-hydrogen) atoms. The van der Waals surface area contributed by atoms with Crippen molar-refractivity contribution in [1.29, 1.82) is 0 Å². The van der Waals surface area contributed by atoms with Gasteiger partial charge in [0.2, 0.25) is 0 Å². The molecule has 0 aromatic heterocycles. The van der Waals surface area contributed by atoms with Gasteiger partial charge in [-0.05, 0) is 40.0 Å². The third-order valence-electron chi connectivity index (χ3n) is 3.53. The largest absolute Gasteiger partial charge is 0.389 e. The molecule has 1 aliphatic rings. The van der Waals surface area contributed by atoms with Gasteiger partial charge in [-0.3, -0.25) is 11.3 Å². The molecule has 1 aliphatic heterocycles. The topological polar surface area (TPSA) is 44.5 Å². The van der Waals surface area contributed by atoms with Crippen LogP contribution in [0.15, 0.2) is 0 Å². The molecule has 0 amide bonds. The van der Waals surface area contributed by atoms with Crippen LogP contribution < -0.4 is 11.3 Å². The Bertz CT molecular complexity index is 247. The smallest absolute Gasteiger partial charge is 0.305 e. The molecule has 0 spiro atoms. The van der Waals surface area contributed by atoms with Crippen LogP contribution in [0.2, 0.25) is 0 Å². The molecule has 0 radical (unpaired) electrons. The predicted molar refractivity (Wildman–Crippen MR) is 64.9 cm³/mol. The second kappa shape index (κ2) is 6.70. The van der Waals surface area contributed by atoms with Crippen LogP contribution in [0.5, 0.6) is 0 Å². The molecule has 7 heteroatoms. The molecule has 1 fully saturated rings. The van der Waals surface area contributed by atoms with Crippen LogP contribution in [-0.2, 0) is 0 Å². The summed E-state index contributed by atoms with van der Waals surface area (Å²) in [6.07, 6.45) is -3.87. The van der Waals surface area contributed by atoms with Crippen molar-refractivity contribution in [1.82, 2.24) is 15.2 Å². The number of nitrogens with one attached hydrogen (secondary N) is 1. The van der Waals surface area contributed by atoms with Crippen LogP contribution in [-0.4, -0.2) is 61.8 Å². The first-order chi connectivity index (χ1) is 8.33. The van der Waals surface area contributed by atoms with E-state index in [1.807, 2.05) is 14.1 Å². The number of nitrogens with two attached hydrogens (primary N) is 1. The van der Waals surface area contributed by atoms with E-state index < -0.39 is 12.6 Å². The lowest BCUT2D eigenvalue weighted by Crippen LogP contribution is -2.54. The highest BCUT2D eigenvalue weighted by Gasteiger charge is 2.33. The Hall–Kier alpha value is -0.370. The van der Waals surface area contributed by atoms with Gasteiger partial charge in [-0.25, -0.2) is 0 Å². The summed E-state index contributed by atoms with van der Waals surface area (Å²) in [6.45, 7) is 2.60. The predicted octanol–water partition coefficient (Wildman–Crippen LogP) is 0.797. The van der Waals surface area contributed by atoms with Gasteiger partial charge in [-0.15, -0.1) is 0 Å². The SMILES string of the molecule is CN1CCCN(C)C(C(CCC(F)(F)F)NN)C1. The molecule has 4 nitrogen and oxygen atoms in total. The van der Waals surface area contributed by atoms with Crippen molar-refractivity contribution < 1.29 is 13.2 Å². The maximum Gasteiger partial charge on any atom is 0.389 e. The van der Waals surface area contributed by atoms with E-state index in [0.29, 0.717) is 0 Å². The van der Waals surface area contributed by atoms with Crippen molar-refractivity contribution in [2.45, 2.75) is 37.5 Å². The van der Waals surface area contributed by atoms with Gasteiger partial charge in [0.05, 0.1) is 0 Å². The van der Waals surface area contributed by atoms with Crippen LogP contribution in [0.25, 0.3) is 0 Å². The zero-order valence-electron chi connectivity index (χ0n) is 11.0. The Morgan fingerprint density at radius 2 is 2.00 bits per heavy atom. The average Bonchev–Trinajstić information content (AvgIpc) is 2.41. The number of hydrogen-bond donors (Lipinski definition) is 2. The average molecular weight is 268 g/mol. The minimum absolute atomic E-state index is 0.0167. The molecule has 1 saturated heterocycles. The Balaban J connectivity index is 2.60. The first-order valence-corrected chi connectivity index (χ1v) is 6.25. The van der Waals surface area contributed by atoms with E-state index >= 15 is 0 Å². The van der Waals surface area contributed by atoms with E-state index in [2.05, 4.69) is 15.2 Å². The quantitative estimate of drug-likeness (QED) is 0.585. The molecular weight excluding hydrogens is 245 g/mol. The molecule has 0 bridgehead atoms. The lowest BCUT2D eigenvalue weighted by atomic mass is 10.0. The molecule has 0 aromatic rings. The van der Waals surface area contributed by atoms with E-state index in [1.54, 1.807) is 0 Å². The Labute approximate surface area is 106 Å². The van der Waals surface area contributed by atoms with Crippen molar-refractivity contribution in [2.75, 3.05) is 33.7 Å². The minimum Gasteiger partial charge on any atom is -0.305 e. The first kappa shape index (κ1) is 15.7. The number of hydrogen-bond acceptors (Lipinski definition) is 4. The molecule has 1 rings (SSSR count). The van der Waals surface area contributed by atoms with Crippen LogP contribution in [0.4, 0.5) is 13.2 Å². The fraction of sp³-hybridized carbons (Fsp3) is 1.00. The van der Waals surface area contributed by atoms with Crippen molar-refractivity contribution in [2.24, 2.45) is 5.84 Å². The standard InChI is InChI=1S/C11H23F3N4/c1-17-6-3-7-18(2)10(8-17)9(16-15)4-5-11(12,13)14/h9-10,16H,3-8,15H2,1-2H3. The summed E-state index contributed by atoms with van der Waals surface area (Å²) >= 11 is 0. The normalized spacial score (nSPS) is 26.0. The fourth-order valence-electron chi connectivity index (χ4n) is 2.45. The van der Waals surface area contributed by atoms with E-state index in [1.165, 1.54) is 0 Å². The molecule has 0 saturated carbocycles. The number of nitrogens with zero attached hydrogens (tertiary/aromatic N) is 2. The summed E-state index contributed by atoms with van der Waals surface area (Å²) in [6, 6.07) is -0.318. The number of likely N-dealkylation sites (N-methyl/N-ethyl adjacent to an activating group) is 2. The third-order valence-corrected chi connectivity index (χ3v) is 3.53. The summed E-state index contributed by atoms with van der Waals surface area (Å²) in [5.74, 6) is 5.43. The summed E-state index contributed by atoms with van der Waals surface area (Å²) in [5.41, 5.74) is 2.55. The van der Waals surface area contributed by atoms with Crippen LogP contribution in [0, 0.1) is 0 Å². The van der Waals surface area contributed by atoms with Gasteiger partial charge in [-0.2, -0.15) is 13.2 Å². The minimum atomic E-state index is -4.12. The van der Waals surface area contributed by atoms with E-state index in [4.69, 9.17) is 5.84 Å². The summed E-state index contributed by atoms with van der Waals surface area (Å²) in [7, 11) is 3.94. The Morgan fingerprint density at radius 3 is 2.56 bits per heavy atom. The maximum atomic E-state index is 12.3. The summed E-state index contributed by atoms with van der Waals surface area (Å²) in [5, 5.41) is 0.